The van der Waals surface area contributed by atoms with Crippen LogP contribution in [0.5, 0.6) is 0 Å². The Morgan fingerprint density at radius 2 is 1.39 bits per heavy atom. The lowest BCUT2D eigenvalue weighted by molar-refractivity contribution is -0.394. The highest BCUT2D eigenvalue weighted by Crippen LogP contribution is 2.27. The number of rotatable bonds is 5. The molecule has 0 saturated heterocycles. The Kier molecular flexibility index (Phi) is 4.27. The number of hydrogen-bond acceptors (Lipinski definition) is 6. The van der Waals surface area contributed by atoms with Crippen LogP contribution in [0.2, 0.25) is 0 Å². The number of nitro benzene ring substituents is 2. The second-order valence-corrected chi connectivity index (χ2v) is 6.35. The summed E-state index contributed by atoms with van der Waals surface area (Å²) in [6.07, 6.45) is 0. The van der Waals surface area contributed by atoms with E-state index in [1.807, 2.05) is 0 Å². The van der Waals surface area contributed by atoms with Crippen molar-refractivity contribution in [3.05, 3.63) is 68.3 Å². The lowest BCUT2D eigenvalue weighted by atomic mass is 10.2. The van der Waals surface area contributed by atoms with Crippen molar-refractivity contribution in [1.29, 1.82) is 0 Å². The number of anilines is 1. The number of non-ortho nitro benzene ring substituents is 2. The molecule has 0 atom stereocenters. The van der Waals surface area contributed by atoms with Gasteiger partial charge in [-0.05, 0) is 19.1 Å². The van der Waals surface area contributed by atoms with Gasteiger partial charge < -0.3 is 0 Å². The number of nitrogens with zero attached hydrogens (tertiary/aromatic N) is 2. The fraction of sp³-hybridized carbons (Fsp3) is 0.0769. The van der Waals surface area contributed by atoms with Crippen LogP contribution in [0.4, 0.5) is 17.1 Å². The maximum Gasteiger partial charge on any atom is 0.278 e. The first-order chi connectivity index (χ1) is 10.7. The summed E-state index contributed by atoms with van der Waals surface area (Å²) >= 11 is 0. The topological polar surface area (TPSA) is 132 Å². The lowest BCUT2D eigenvalue weighted by Gasteiger charge is -2.08. The maximum absolute atomic E-state index is 12.2. The van der Waals surface area contributed by atoms with E-state index >= 15 is 0 Å². The summed E-state index contributed by atoms with van der Waals surface area (Å²) in [5.41, 5.74) is -0.567. The zero-order chi connectivity index (χ0) is 17.2. The van der Waals surface area contributed by atoms with Crippen LogP contribution in [0.3, 0.4) is 0 Å². The molecule has 2 aromatic carbocycles. The van der Waals surface area contributed by atoms with Crippen molar-refractivity contribution in [2.75, 3.05) is 4.72 Å². The SMILES string of the molecule is Cc1ccc(S(=O)(=O)Nc2cc([N+](=O)[O-])cc([N+](=O)[O-])c2)cc1. The number of nitrogens with one attached hydrogen (secondary N) is 1. The van der Waals surface area contributed by atoms with Crippen molar-refractivity contribution < 1.29 is 18.3 Å². The summed E-state index contributed by atoms with van der Waals surface area (Å²) in [6, 6.07) is 8.49. The summed E-state index contributed by atoms with van der Waals surface area (Å²) in [6.45, 7) is 1.79. The molecule has 10 heteroatoms. The largest absolute Gasteiger partial charge is 0.279 e. The molecule has 9 nitrogen and oxygen atoms in total. The number of sulfonamides is 1. The van der Waals surface area contributed by atoms with E-state index in [4.69, 9.17) is 0 Å². The number of benzene rings is 2. The van der Waals surface area contributed by atoms with Gasteiger partial charge in [0.15, 0.2) is 0 Å². The van der Waals surface area contributed by atoms with Gasteiger partial charge in [0.1, 0.15) is 0 Å². The van der Waals surface area contributed by atoms with Crippen molar-refractivity contribution in [1.82, 2.24) is 0 Å². The first-order valence-electron chi connectivity index (χ1n) is 6.22. The molecule has 0 fully saturated rings. The molecule has 0 heterocycles. The molecule has 23 heavy (non-hydrogen) atoms. The minimum absolute atomic E-state index is 0.0581. The highest BCUT2D eigenvalue weighted by Gasteiger charge is 2.20. The smallest absolute Gasteiger partial charge is 0.278 e. The average Bonchev–Trinajstić information content (AvgIpc) is 2.46. The zero-order valence-electron chi connectivity index (χ0n) is 11.8. The monoisotopic (exact) mass is 337 g/mol. The highest BCUT2D eigenvalue weighted by molar-refractivity contribution is 7.92. The van der Waals surface area contributed by atoms with Crippen molar-refractivity contribution in [2.45, 2.75) is 11.8 Å². The Morgan fingerprint density at radius 1 is 0.913 bits per heavy atom. The van der Waals surface area contributed by atoms with Gasteiger partial charge in [-0.25, -0.2) is 8.42 Å². The van der Waals surface area contributed by atoms with E-state index in [9.17, 15) is 28.6 Å². The Balaban J connectivity index is 2.44. The third-order valence-electron chi connectivity index (χ3n) is 2.91. The molecule has 0 aliphatic carbocycles. The zero-order valence-corrected chi connectivity index (χ0v) is 12.6. The number of hydrogen-bond donors (Lipinski definition) is 1. The predicted octanol–water partition coefficient (Wildman–Crippen LogP) is 2.61. The van der Waals surface area contributed by atoms with Gasteiger partial charge in [-0.15, -0.1) is 0 Å². The Bertz CT molecular complexity index is 845. The molecular formula is C13H11N3O6S. The van der Waals surface area contributed by atoms with Crippen molar-refractivity contribution >= 4 is 27.1 Å². The second kappa shape index (κ2) is 6.01. The predicted molar refractivity (Wildman–Crippen MR) is 81.7 cm³/mol. The van der Waals surface area contributed by atoms with E-state index in [1.54, 1.807) is 19.1 Å². The molecule has 0 aliphatic heterocycles. The van der Waals surface area contributed by atoms with Gasteiger partial charge >= 0.3 is 0 Å². The molecule has 2 rings (SSSR count). The van der Waals surface area contributed by atoms with Crippen molar-refractivity contribution in [3.8, 4) is 0 Å². The third-order valence-corrected chi connectivity index (χ3v) is 4.30. The van der Waals surface area contributed by atoms with Gasteiger partial charge in [0.05, 0.1) is 26.5 Å². The minimum Gasteiger partial charge on any atom is -0.279 e. The normalized spacial score (nSPS) is 11.0. The maximum atomic E-state index is 12.2. The molecule has 2 aromatic rings. The van der Waals surface area contributed by atoms with E-state index in [-0.39, 0.29) is 10.6 Å². The summed E-state index contributed by atoms with van der Waals surface area (Å²) < 4.78 is 26.6. The second-order valence-electron chi connectivity index (χ2n) is 4.67. The minimum atomic E-state index is -4.01. The Hall–Kier alpha value is -3.01. The van der Waals surface area contributed by atoms with Crippen LogP contribution in [-0.2, 0) is 10.0 Å². The van der Waals surface area contributed by atoms with Crippen LogP contribution in [0.25, 0.3) is 0 Å². The van der Waals surface area contributed by atoms with Crippen LogP contribution in [0.1, 0.15) is 5.56 Å². The molecule has 1 N–H and O–H groups in total. The van der Waals surface area contributed by atoms with E-state index in [2.05, 4.69) is 4.72 Å². The molecule has 0 aliphatic rings. The summed E-state index contributed by atoms with van der Waals surface area (Å²) in [4.78, 5) is 19.9. The average molecular weight is 337 g/mol. The van der Waals surface area contributed by atoms with Crippen LogP contribution < -0.4 is 4.72 Å². The molecule has 0 aromatic heterocycles. The summed E-state index contributed by atoms with van der Waals surface area (Å²) in [5, 5.41) is 21.6. The van der Waals surface area contributed by atoms with Crippen molar-refractivity contribution in [2.24, 2.45) is 0 Å². The standard InChI is InChI=1S/C13H11N3O6S/c1-9-2-4-13(5-3-9)23(21,22)14-10-6-11(15(17)18)8-12(7-10)16(19)20/h2-8,14H,1H3. The van der Waals surface area contributed by atoms with E-state index < -0.39 is 31.2 Å². The van der Waals surface area contributed by atoms with E-state index in [0.717, 1.165) is 23.8 Å². The first kappa shape index (κ1) is 16.4. The lowest BCUT2D eigenvalue weighted by Crippen LogP contribution is -2.13. The molecule has 120 valence electrons. The summed E-state index contributed by atoms with van der Waals surface area (Å²) in [5.74, 6) is 0. The van der Waals surface area contributed by atoms with Gasteiger partial charge in [0, 0.05) is 12.1 Å². The fourth-order valence-corrected chi connectivity index (χ4v) is 2.84. The van der Waals surface area contributed by atoms with Gasteiger partial charge in [0.2, 0.25) is 0 Å². The molecule has 0 radical (unpaired) electrons. The number of aryl methyl sites for hydroxylation is 1. The molecule has 0 saturated carbocycles. The van der Waals surface area contributed by atoms with Crippen LogP contribution >= 0.6 is 0 Å². The van der Waals surface area contributed by atoms with Crippen molar-refractivity contribution in [3.63, 3.8) is 0 Å². The molecule has 0 amide bonds. The van der Waals surface area contributed by atoms with E-state index in [0.29, 0.717) is 0 Å². The molecule has 0 spiro atoms. The summed E-state index contributed by atoms with van der Waals surface area (Å²) in [7, 11) is -4.01. The molecule has 0 bridgehead atoms. The van der Waals surface area contributed by atoms with Gasteiger partial charge in [0.25, 0.3) is 21.4 Å². The Labute approximate surface area is 130 Å². The van der Waals surface area contributed by atoms with Crippen LogP contribution in [0, 0.1) is 27.2 Å². The third kappa shape index (κ3) is 3.80. The van der Waals surface area contributed by atoms with E-state index in [1.165, 1.54) is 12.1 Å². The molecular weight excluding hydrogens is 326 g/mol. The number of nitro groups is 2. The Morgan fingerprint density at radius 3 is 1.83 bits per heavy atom. The van der Waals surface area contributed by atoms with Gasteiger partial charge in [-0.1, -0.05) is 17.7 Å². The van der Waals surface area contributed by atoms with Gasteiger partial charge in [-0.3, -0.25) is 25.0 Å². The van der Waals surface area contributed by atoms with Crippen LogP contribution in [0.15, 0.2) is 47.4 Å². The highest BCUT2D eigenvalue weighted by atomic mass is 32.2. The fourth-order valence-electron chi connectivity index (χ4n) is 1.80. The first-order valence-corrected chi connectivity index (χ1v) is 7.71. The van der Waals surface area contributed by atoms with Crippen LogP contribution in [-0.4, -0.2) is 18.3 Å². The quantitative estimate of drug-likeness (QED) is 0.658. The molecule has 0 unspecified atom stereocenters. The van der Waals surface area contributed by atoms with Gasteiger partial charge in [-0.2, -0.15) is 0 Å².